The second-order valence-electron chi connectivity index (χ2n) is 6.23. The van der Waals surface area contributed by atoms with Gasteiger partial charge in [0.15, 0.2) is 17.5 Å². The van der Waals surface area contributed by atoms with Gasteiger partial charge in [-0.2, -0.15) is 5.10 Å². The molecule has 0 aliphatic carbocycles. The Hall–Kier alpha value is -3.56. The van der Waals surface area contributed by atoms with Crippen LogP contribution in [-0.2, 0) is 6.54 Å². The zero-order chi connectivity index (χ0) is 21.0. The minimum absolute atomic E-state index is 0.0501. The summed E-state index contributed by atoms with van der Waals surface area (Å²) in [4.78, 5) is 8.50. The molecule has 0 saturated heterocycles. The minimum Gasteiger partial charge on any atom is -0.404 e. The lowest BCUT2D eigenvalue weighted by Gasteiger charge is -2.14. The van der Waals surface area contributed by atoms with Crippen molar-refractivity contribution in [2.75, 3.05) is 5.32 Å². The highest BCUT2D eigenvalue weighted by atomic mass is 19.4. The smallest absolute Gasteiger partial charge is 0.404 e. The molecule has 3 N–H and O–H groups in total. The molecule has 7 nitrogen and oxygen atoms in total. The third-order valence-corrected chi connectivity index (χ3v) is 3.84. The van der Waals surface area contributed by atoms with E-state index in [1.54, 1.807) is 23.0 Å². The highest BCUT2D eigenvalue weighted by Gasteiger charge is 2.32. The van der Waals surface area contributed by atoms with Crippen molar-refractivity contribution in [3.05, 3.63) is 65.6 Å². The number of ether oxygens (including phenoxy) is 1. The van der Waals surface area contributed by atoms with Gasteiger partial charge in [-0.25, -0.2) is 14.7 Å². The maximum absolute atomic E-state index is 12.5. The van der Waals surface area contributed by atoms with Crippen LogP contribution >= 0.6 is 0 Å². The molecule has 1 aromatic carbocycles. The number of anilines is 1. The Morgan fingerprint density at radius 1 is 1.21 bits per heavy atom. The summed E-state index contributed by atoms with van der Waals surface area (Å²) in [6, 6.07) is 11.2. The predicted octanol–water partition coefficient (Wildman–Crippen LogP) is 3.71. The zero-order valence-corrected chi connectivity index (χ0v) is 15.7. The van der Waals surface area contributed by atoms with E-state index >= 15 is 0 Å². The first kappa shape index (κ1) is 20.2. The summed E-state index contributed by atoms with van der Waals surface area (Å²) >= 11 is 0. The molecular formula is C19H19F3N6O. The average Bonchev–Trinajstić information content (AvgIpc) is 2.99. The van der Waals surface area contributed by atoms with Crippen LogP contribution in [-0.4, -0.2) is 27.1 Å². The molecule has 0 spiro atoms. The van der Waals surface area contributed by atoms with Crippen LogP contribution in [0.1, 0.15) is 17.0 Å². The molecule has 0 aliphatic heterocycles. The van der Waals surface area contributed by atoms with Crippen LogP contribution in [0.4, 0.5) is 18.9 Å². The summed E-state index contributed by atoms with van der Waals surface area (Å²) in [6.07, 6.45) is -3.16. The Bertz CT molecular complexity index is 1010. The maximum Gasteiger partial charge on any atom is 0.573 e. The third kappa shape index (κ3) is 5.47. The van der Waals surface area contributed by atoms with Crippen molar-refractivity contribution in [1.29, 1.82) is 0 Å². The topological polar surface area (TPSA) is 90.4 Å². The second-order valence-corrected chi connectivity index (χ2v) is 6.23. The van der Waals surface area contributed by atoms with Crippen LogP contribution in [0.5, 0.6) is 5.75 Å². The standard InChI is InChI=1S/C19H19F3N6O/c1-12-9-13(2)28(27-12)17-8-7-14(10-24-17)11-25-18(23)26-15-5-3-4-6-16(15)29-19(20,21)22/h3-10H,11H2,1-2H3,(H3,23,25,26). The molecule has 3 rings (SSSR count). The molecule has 0 amide bonds. The zero-order valence-electron chi connectivity index (χ0n) is 15.7. The molecule has 0 saturated carbocycles. The lowest BCUT2D eigenvalue weighted by Crippen LogP contribution is -2.24. The summed E-state index contributed by atoms with van der Waals surface area (Å²) in [7, 11) is 0. The van der Waals surface area contributed by atoms with Crippen molar-refractivity contribution in [3.63, 3.8) is 0 Å². The Balaban J connectivity index is 1.67. The quantitative estimate of drug-likeness (QED) is 0.500. The Morgan fingerprint density at radius 3 is 2.59 bits per heavy atom. The molecule has 0 radical (unpaired) electrons. The van der Waals surface area contributed by atoms with Gasteiger partial charge in [-0.15, -0.1) is 13.2 Å². The molecule has 0 fully saturated rings. The van der Waals surface area contributed by atoms with E-state index in [1.165, 1.54) is 18.2 Å². The third-order valence-electron chi connectivity index (χ3n) is 3.84. The first-order valence-electron chi connectivity index (χ1n) is 8.61. The number of aliphatic imine (C=N–C) groups is 1. The number of aromatic nitrogens is 3. The number of para-hydroxylation sites is 2. The van der Waals surface area contributed by atoms with E-state index < -0.39 is 12.1 Å². The van der Waals surface area contributed by atoms with Crippen LogP contribution in [0.25, 0.3) is 5.82 Å². The van der Waals surface area contributed by atoms with Gasteiger partial charge < -0.3 is 15.8 Å². The van der Waals surface area contributed by atoms with Crippen molar-refractivity contribution in [2.24, 2.45) is 10.7 Å². The van der Waals surface area contributed by atoms with Gasteiger partial charge in [0, 0.05) is 11.9 Å². The number of nitrogens with one attached hydrogen (secondary N) is 1. The second kappa shape index (κ2) is 8.21. The minimum atomic E-state index is -4.80. The lowest BCUT2D eigenvalue weighted by atomic mass is 10.3. The number of hydrogen-bond donors (Lipinski definition) is 2. The number of guanidine groups is 1. The number of nitrogens with zero attached hydrogens (tertiary/aromatic N) is 4. The van der Waals surface area contributed by atoms with E-state index in [0.29, 0.717) is 5.82 Å². The first-order chi connectivity index (χ1) is 13.7. The normalized spacial score (nSPS) is 12.1. The Morgan fingerprint density at radius 2 is 1.97 bits per heavy atom. The van der Waals surface area contributed by atoms with E-state index in [2.05, 4.69) is 25.1 Å². The van der Waals surface area contributed by atoms with Crippen molar-refractivity contribution in [2.45, 2.75) is 26.8 Å². The molecule has 0 unspecified atom stereocenters. The molecule has 29 heavy (non-hydrogen) atoms. The van der Waals surface area contributed by atoms with Gasteiger partial charge in [0.2, 0.25) is 0 Å². The van der Waals surface area contributed by atoms with Gasteiger partial charge in [0.05, 0.1) is 17.9 Å². The largest absolute Gasteiger partial charge is 0.573 e. The SMILES string of the molecule is Cc1cc(C)n(-c2ccc(CN=C(N)Nc3ccccc3OC(F)(F)F)cn2)n1. The lowest BCUT2D eigenvalue weighted by molar-refractivity contribution is -0.274. The van der Waals surface area contributed by atoms with Gasteiger partial charge in [-0.3, -0.25) is 0 Å². The number of alkyl halides is 3. The maximum atomic E-state index is 12.5. The van der Waals surface area contributed by atoms with Crippen LogP contribution in [0, 0.1) is 13.8 Å². The Labute approximate surface area is 165 Å². The van der Waals surface area contributed by atoms with Crippen molar-refractivity contribution >= 4 is 11.6 Å². The van der Waals surface area contributed by atoms with Crippen molar-refractivity contribution in [3.8, 4) is 11.6 Å². The number of rotatable bonds is 5. The number of nitrogens with two attached hydrogens (primary N) is 1. The van der Waals surface area contributed by atoms with Crippen molar-refractivity contribution in [1.82, 2.24) is 14.8 Å². The number of halogens is 3. The summed E-state index contributed by atoms with van der Waals surface area (Å²) in [5.41, 5.74) is 8.50. The molecule has 152 valence electrons. The van der Waals surface area contributed by atoms with Crippen LogP contribution in [0.3, 0.4) is 0 Å². The average molecular weight is 404 g/mol. The molecule has 2 heterocycles. The number of aryl methyl sites for hydroxylation is 2. The van der Waals surface area contributed by atoms with Gasteiger partial charge in [-0.1, -0.05) is 18.2 Å². The Kier molecular flexibility index (Phi) is 5.71. The summed E-state index contributed by atoms with van der Waals surface area (Å²) < 4.78 is 43.2. The van der Waals surface area contributed by atoms with E-state index in [9.17, 15) is 13.2 Å². The molecule has 2 aromatic heterocycles. The van der Waals surface area contributed by atoms with E-state index in [-0.39, 0.29) is 18.2 Å². The van der Waals surface area contributed by atoms with E-state index in [4.69, 9.17) is 5.73 Å². The highest BCUT2D eigenvalue weighted by molar-refractivity contribution is 5.93. The monoisotopic (exact) mass is 404 g/mol. The highest BCUT2D eigenvalue weighted by Crippen LogP contribution is 2.29. The molecule has 3 aromatic rings. The predicted molar refractivity (Wildman–Crippen MR) is 103 cm³/mol. The first-order valence-corrected chi connectivity index (χ1v) is 8.61. The van der Waals surface area contributed by atoms with Gasteiger partial charge in [0.1, 0.15) is 0 Å². The van der Waals surface area contributed by atoms with Gasteiger partial charge in [-0.05, 0) is 43.7 Å². The molecular weight excluding hydrogens is 385 g/mol. The molecule has 0 aliphatic rings. The fourth-order valence-electron chi connectivity index (χ4n) is 2.63. The molecule has 0 atom stereocenters. The molecule has 0 bridgehead atoms. The van der Waals surface area contributed by atoms with Gasteiger partial charge in [0.25, 0.3) is 0 Å². The van der Waals surface area contributed by atoms with E-state index in [0.717, 1.165) is 17.0 Å². The van der Waals surface area contributed by atoms with Crippen LogP contribution in [0.15, 0.2) is 53.7 Å². The number of hydrogen-bond acceptors (Lipinski definition) is 4. The molecule has 10 heteroatoms. The number of benzene rings is 1. The van der Waals surface area contributed by atoms with Crippen LogP contribution in [0.2, 0.25) is 0 Å². The summed E-state index contributed by atoms with van der Waals surface area (Å²) in [5, 5.41) is 6.99. The van der Waals surface area contributed by atoms with Gasteiger partial charge >= 0.3 is 6.36 Å². The summed E-state index contributed by atoms with van der Waals surface area (Å²) in [6.45, 7) is 4.04. The van der Waals surface area contributed by atoms with Crippen molar-refractivity contribution < 1.29 is 17.9 Å². The fourth-order valence-corrected chi connectivity index (χ4v) is 2.63. The van der Waals surface area contributed by atoms with E-state index in [1.807, 2.05) is 26.0 Å². The van der Waals surface area contributed by atoms with Crippen LogP contribution < -0.4 is 15.8 Å². The summed E-state index contributed by atoms with van der Waals surface area (Å²) in [5.74, 6) is 0.229. The number of pyridine rings is 1. The fraction of sp³-hybridized carbons (Fsp3) is 0.211.